The average molecular weight is 481 g/mol. The zero-order valence-electron chi connectivity index (χ0n) is 17.8. The smallest absolute Gasteiger partial charge is 0.282 e. The van der Waals surface area contributed by atoms with Crippen molar-refractivity contribution in [2.45, 2.75) is 0 Å². The predicted octanol–water partition coefficient (Wildman–Crippen LogP) is 7.25. The number of benzene rings is 4. The first-order valence-corrected chi connectivity index (χ1v) is 11.9. The maximum atomic E-state index is 13.7. The number of hydrogen-bond donors (Lipinski definition) is 1. The largest absolute Gasteiger partial charge is 0.508 e. The Morgan fingerprint density at radius 2 is 1.56 bits per heavy atom. The van der Waals surface area contributed by atoms with Crippen LogP contribution in [0.25, 0.3) is 26.9 Å². The van der Waals surface area contributed by atoms with E-state index in [0.717, 1.165) is 31.3 Å². The van der Waals surface area contributed by atoms with Gasteiger partial charge in [0.25, 0.3) is 5.91 Å². The Morgan fingerprint density at radius 3 is 2.35 bits per heavy atom. The van der Waals surface area contributed by atoms with E-state index >= 15 is 0 Å². The fourth-order valence-electron chi connectivity index (χ4n) is 4.19. The number of aliphatic imine (C=N–C) groups is 1. The van der Waals surface area contributed by atoms with Crippen LogP contribution in [0.4, 0.5) is 5.69 Å². The molecule has 0 bridgehead atoms. The van der Waals surface area contributed by atoms with Crippen LogP contribution in [-0.2, 0) is 4.79 Å². The Labute approximate surface area is 204 Å². The lowest BCUT2D eigenvalue weighted by atomic mass is 10.0. The number of amides is 1. The number of rotatable bonds is 3. The van der Waals surface area contributed by atoms with Crippen LogP contribution in [0.5, 0.6) is 5.75 Å². The molecule has 1 aliphatic rings. The number of halogens is 1. The number of amidine groups is 1. The molecule has 1 amide bonds. The van der Waals surface area contributed by atoms with Crippen LogP contribution in [0.1, 0.15) is 10.4 Å². The zero-order chi connectivity index (χ0) is 23.2. The third-order valence-corrected chi connectivity index (χ3v) is 7.49. The highest BCUT2D eigenvalue weighted by molar-refractivity contribution is 7.21. The van der Waals surface area contributed by atoms with Gasteiger partial charge in [0.05, 0.1) is 15.6 Å². The predicted molar refractivity (Wildman–Crippen MR) is 141 cm³/mol. The number of hydrogen-bond acceptors (Lipinski definition) is 4. The minimum atomic E-state index is -0.248. The van der Waals surface area contributed by atoms with Crippen molar-refractivity contribution in [3.63, 3.8) is 0 Å². The Morgan fingerprint density at radius 1 is 0.853 bits per heavy atom. The van der Waals surface area contributed by atoms with Gasteiger partial charge >= 0.3 is 0 Å². The molecule has 0 fully saturated rings. The summed E-state index contributed by atoms with van der Waals surface area (Å²) in [5.41, 5.74) is 1.85. The van der Waals surface area contributed by atoms with Crippen molar-refractivity contribution < 1.29 is 9.90 Å². The van der Waals surface area contributed by atoms with Crippen LogP contribution >= 0.6 is 22.9 Å². The van der Waals surface area contributed by atoms with E-state index in [9.17, 15) is 9.90 Å². The van der Waals surface area contributed by atoms with E-state index in [4.69, 9.17) is 16.6 Å². The molecule has 1 aromatic heterocycles. The Balaban J connectivity index is 1.55. The maximum absolute atomic E-state index is 13.7. The topological polar surface area (TPSA) is 52.9 Å². The highest BCUT2D eigenvalue weighted by Gasteiger charge is 2.35. The first-order chi connectivity index (χ1) is 16.6. The third-order valence-electron chi connectivity index (χ3n) is 5.82. The van der Waals surface area contributed by atoms with E-state index in [0.29, 0.717) is 22.2 Å². The van der Waals surface area contributed by atoms with Gasteiger partial charge in [-0.05, 0) is 52.7 Å². The molecule has 4 aromatic carbocycles. The van der Waals surface area contributed by atoms with Crippen LogP contribution < -0.4 is 4.90 Å². The molecule has 34 heavy (non-hydrogen) atoms. The van der Waals surface area contributed by atoms with Crippen LogP contribution in [0, 0.1) is 0 Å². The second-order valence-corrected chi connectivity index (χ2v) is 9.36. The number of carbonyl (C=O) groups is 1. The van der Waals surface area contributed by atoms with Crippen LogP contribution in [0.2, 0.25) is 5.02 Å². The highest BCUT2D eigenvalue weighted by Crippen LogP contribution is 2.39. The molecule has 6 heteroatoms. The van der Waals surface area contributed by atoms with Gasteiger partial charge in [-0.2, -0.15) is 0 Å². The lowest BCUT2D eigenvalue weighted by Gasteiger charge is -2.18. The van der Waals surface area contributed by atoms with Crippen molar-refractivity contribution in [1.29, 1.82) is 0 Å². The summed E-state index contributed by atoms with van der Waals surface area (Å²) in [5.74, 6) is 0.357. The minimum Gasteiger partial charge on any atom is -0.508 e. The van der Waals surface area contributed by atoms with Gasteiger partial charge in [-0.15, -0.1) is 11.3 Å². The van der Waals surface area contributed by atoms with E-state index < -0.39 is 0 Å². The minimum absolute atomic E-state index is 0.125. The Kier molecular flexibility index (Phi) is 4.94. The van der Waals surface area contributed by atoms with Crippen LogP contribution in [0.15, 0.2) is 102 Å². The molecule has 6 rings (SSSR count). The molecule has 0 unspecified atom stereocenters. The number of fused-ring (bicyclic) bond motifs is 2. The summed E-state index contributed by atoms with van der Waals surface area (Å²) in [4.78, 5) is 20.8. The van der Waals surface area contributed by atoms with E-state index in [2.05, 4.69) is 0 Å². The number of carbonyl (C=O) groups excluding carboxylic acids is 1. The molecule has 4 nitrogen and oxygen atoms in total. The van der Waals surface area contributed by atoms with Gasteiger partial charge < -0.3 is 5.11 Å². The second kappa shape index (κ2) is 8.13. The molecule has 1 aliphatic heterocycles. The molecular formula is C28H17ClN2O2S. The number of aromatic hydroxyl groups is 1. The first-order valence-electron chi connectivity index (χ1n) is 10.7. The third kappa shape index (κ3) is 3.37. The zero-order valence-corrected chi connectivity index (χ0v) is 19.3. The molecule has 0 saturated carbocycles. The van der Waals surface area contributed by atoms with Crippen molar-refractivity contribution in [1.82, 2.24) is 0 Å². The summed E-state index contributed by atoms with van der Waals surface area (Å²) in [6, 6.07) is 28.4. The number of thiophene rings is 1. The molecule has 0 aliphatic carbocycles. The highest BCUT2D eigenvalue weighted by atomic mass is 35.5. The van der Waals surface area contributed by atoms with Crippen LogP contribution in [0.3, 0.4) is 0 Å². The molecule has 164 valence electrons. The average Bonchev–Trinajstić information content (AvgIpc) is 3.36. The van der Waals surface area contributed by atoms with Gasteiger partial charge in [0.1, 0.15) is 11.4 Å². The van der Waals surface area contributed by atoms with Gasteiger partial charge in [-0.25, -0.2) is 4.99 Å². The summed E-state index contributed by atoms with van der Waals surface area (Å²) in [6.45, 7) is 0. The molecule has 5 aromatic rings. The van der Waals surface area contributed by atoms with Gasteiger partial charge in [-0.3, -0.25) is 9.69 Å². The summed E-state index contributed by atoms with van der Waals surface area (Å²) < 4.78 is 1.02. The van der Waals surface area contributed by atoms with Crippen molar-refractivity contribution in [2.75, 3.05) is 4.90 Å². The van der Waals surface area contributed by atoms with E-state index in [1.807, 2.05) is 72.8 Å². The lowest BCUT2D eigenvalue weighted by Crippen LogP contribution is -2.32. The number of phenols is 1. The molecule has 0 radical (unpaired) electrons. The summed E-state index contributed by atoms with van der Waals surface area (Å²) in [7, 11) is 0. The number of phenolic OH excluding ortho intramolecular Hbond substituents is 1. The molecule has 2 heterocycles. The molecule has 1 N–H and O–H groups in total. The Hall–Kier alpha value is -3.93. The fourth-order valence-corrected chi connectivity index (χ4v) is 5.69. The molecular weight excluding hydrogens is 464 g/mol. The summed E-state index contributed by atoms with van der Waals surface area (Å²) in [5, 5.41) is 13.4. The normalized spacial score (nSPS) is 15.0. The molecule has 0 atom stereocenters. The van der Waals surface area contributed by atoms with E-state index in [1.54, 1.807) is 29.2 Å². The van der Waals surface area contributed by atoms with Crippen molar-refractivity contribution in [3.8, 4) is 5.75 Å². The van der Waals surface area contributed by atoms with Crippen molar-refractivity contribution in [2.24, 2.45) is 4.99 Å². The molecule has 0 spiro atoms. The van der Waals surface area contributed by atoms with E-state index in [-0.39, 0.29) is 11.7 Å². The molecule has 0 saturated heterocycles. The number of anilines is 1. The van der Waals surface area contributed by atoms with Gasteiger partial charge in [0.15, 0.2) is 5.84 Å². The van der Waals surface area contributed by atoms with E-state index in [1.165, 1.54) is 11.3 Å². The standard InChI is InChI=1S/C28H17ClN2O2S/c29-25-22-10-3-4-11-24(22)34-26(25)27-30-23(28(33)31(27)19-12-14-20(32)15-13-19)16-18-8-5-7-17-6-1-2-9-21(17)18/h1-16,32H/b23-16+. The van der Waals surface area contributed by atoms with Crippen molar-refractivity contribution >= 4 is 67.3 Å². The van der Waals surface area contributed by atoms with Crippen molar-refractivity contribution in [3.05, 3.63) is 112 Å². The SMILES string of the molecule is O=C1/C(=C\c2cccc3ccccc23)N=C(c2sc3ccccc3c2Cl)N1c1ccc(O)cc1. The fraction of sp³-hybridized carbons (Fsp3) is 0. The van der Waals surface area contributed by atoms with Gasteiger partial charge in [0, 0.05) is 10.1 Å². The maximum Gasteiger partial charge on any atom is 0.282 e. The second-order valence-electron chi connectivity index (χ2n) is 7.93. The number of nitrogens with zero attached hydrogens (tertiary/aromatic N) is 2. The van der Waals surface area contributed by atoms with Gasteiger partial charge in [0.2, 0.25) is 0 Å². The van der Waals surface area contributed by atoms with Crippen LogP contribution in [-0.4, -0.2) is 16.8 Å². The van der Waals surface area contributed by atoms with Gasteiger partial charge in [-0.1, -0.05) is 72.3 Å². The summed E-state index contributed by atoms with van der Waals surface area (Å²) >= 11 is 8.28. The monoisotopic (exact) mass is 480 g/mol. The summed E-state index contributed by atoms with van der Waals surface area (Å²) in [6.07, 6.45) is 1.83. The quantitative estimate of drug-likeness (QED) is 0.276. The Bertz CT molecular complexity index is 1650. The lowest BCUT2D eigenvalue weighted by molar-refractivity contribution is -0.113. The first kappa shape index (κ1) is 20.7.